The maximum atomic E-state index is 13.7. The Kier molecular flexibility index (Phi) is 6.18. The molecular formula is C23H26N6O4. The van der Waals surface area contributed by atoms with Gasteiger partial charge in [0.15, 0.2) is 11.5 Å². The number of rotatable bonds is 8. The largest absolute Gasteiger partial charge is 0.496 e. The first-order valence-corrected chi connectivity index (χ1v) is 10.3. The minimum atomic E-state index is -0.335. The first-order valence-electron chi connectivity index (χ1n) is 10.3. The summed E-state index contributed by atoms with van der Waals surface area (Å²) in [6, 6.07) is 10.9. The van der Waals surface area contributed by atoms with Crippen molar-refractivity contribution in [2.45, 2.75) is 6.92 Å². The minimum absolute atomic E-state index is 0.198. The third-order valence-electron chi connectivity index (χ3n) is 5.33. The lowest BCUT2D eigenvalue weighted by atomic mass is 10.2. The first kappa shape index (κ1) is 22.2. The number of imidazole rings is 1. The molecule has 0 amide bonds. The predicted octanol–water partition coefficient (Wildman–Crippen LogP) is 2.54. The number of benzene rings is 2. The van der Waals surface area contributed by atoms with Gasteiger partial charge < -0.3 is 25.3 Å². The lowest BCUT2D eigenvalue weighted by molar-refractivity contribution is 0.146. The molecule has 0 bridgehead atoms. The van der Waals surface area contributed by atoms with Gasteiger partial charge in [-0.25, -0.2) is 19.3 Å². The lowest BCUT2D eigenvalue weighted by Gasteiger charge is -2.13. The third-order valence-corrected chi connectivity index (χ3v) is 5.33. The van der Waals surface area contributed by atoms with Crippen molar-refractivity contribution >= 4 is 22.7 Å². The van der Waals surface area contributed by atoms with Gasteiger partial charge in [0.25, 0.3) is 0 Å². The number of ether oxygens (including phenoxy) is 3. The van der Waals surface area contributed by atoms with E-state index in [1.807, 2.05) is 25.1 Å². The average Bonchev–Trinajstić information content (AvgIpc) is 3.13. The van der Waals surface area contributed by atoms with E-state index in [1.54, 1.807) is 39.5 Å². The number of hydrogen-bond acceptors (Lipinski definition) is 8. The monoisotopic (exact) mass is 450 g/mol. The van der Waals surface area contributed by atoms with E-state index in [1.165, 1.54) is 15.5 Å². The summed E-state index contributed by atoms with van der Waals surface area (Å²) in [6.07, 6.45) is 1.34. The standard InChI is InChI=1S/C23H26N6O4/c1-14-5-6-16(12-19(14)32-4)28-20-21(24)26-13-27-22(20)29(23(28)30)15-7-8-18(17(11-15)25-2)33-10-9-31-3/h5-8,11-13,25H,9-10H2,1-4H3,(H2,24,26,27). The summed E-state index contributed by atoms with van der Waals surface area (Å²) in [4.78, 5) is 22.2. The Morgan fingerprint density at radius 1 is 1.00 bits per heavy atom. The lowest BCUT2D eigenvalue weighted by Crippen LogP contribution is -2.22. The molecule has 10 heteroatoms. The number of nitrogen functional groups attached to an aromatic ring is 1. The Morgan fingerprint density at radius 3 is 2.48 bits per heavy atom. The molecule has 3 N–H and O–H groups in total. The highest BCUT2D eigenvalue weighted by atomic mass is 16.5. The Hall–Kier alpha value is -4.05. The second-order valence-corrected chi connectivity index (χ2v) is 7.31. The van der Waals surface area contributed by atoms with E-state index >= 15 is 0 Å². The van der Waals surface area contributed by atoms with Gasteiger partial charge in [0.1, 0.15) is 29.9 Å². The van der Waals surface area contributed by atoms with Crippen LogP contribution in [0.1, 0.15) is 5.56 Å². The number of fused-ring (bicyclic) bond motifs is 1. The molecule has 4 rings (SSSR count). The van der Waals surface area contributed by atoms with Crippen LogP contribution in [0.5, 0.6) is 11.5 Å². The van der Waals surface area contributed by atoms with Crippen LogP contribution in [-0.2, 0) is 4.74 Å². The smallest absolute Gasteiger partial charge is 0.339 e. The fourth-order valence-corrected chi connectivity index (χ4v) is 3.68. The fourth-order valence-electron chi connectivity index (χ4n) is 3.68. The Morgan fingerprint density at radius 2 is 1.76 bits per heavy atom. The van der Waals surface area contributed by atoms with Gasteiger partial charge in [-0.15, -0.1) is 0 Å². The molecule has 0 unspecified atom stereocenters. The van der Waals surface area contributed by atoms with Gasteiger partial charge in [0, 0.05) is 20.2 Å². The van der Waals surface area contributed by atoms with E-state index in [9.17, 15) is 4.79 Å². The summed E-state index contributed by atoms with van der Waals surface area (Å²) in [6.45, 7) is 2.80. The zero-order chi connectivity index (χ0) is 23.5. The van der Waals surface area contributed by atoms with Crippen LogP contribution in [0.3, 0.4) is 0 Å². The van der Waals surface area contributed by atoms with Gasteiger partial charge in [0.2, 0.25) is 0 Å². The molecule has 0 atom stereocenters. The van der Waals surface area contributed by atoms with E-state index in [2.05, 4.69) is 15.3 Å². The van der Waals surface area contributed by atoms with Crippen LogP contribution in [0.2, 0.25) is 0 Å². The molecule has 0 aliphatic heterocycles. The summed E-state index contributed by atoms with van der Waals surface area (Å²) in [5, 5.41) is 3.11. The molecule has 33 heavy (non-hydrogen) atoms. The third kappa shape index (κ3) is 3.96. The van der Waals surface area contributed by atoms with E-state index in [4.69, 9.17) is 19.9 Å². The number of anilines is 2. The van der Waals surface area contributed by atoms with Gasteiger partial charge in [-0.05, 0) is 36.8 Å². The van der Waals surface area contributed by atoms with Crippen molar-refractivity contribution in [2.24, 2.45) is 0 Å². The normalized spacial score (nSPS) is 11.0. The number of aromatic nitrogens is 4. The van der Waals surface area contributed by atoms with Crippen LogP contribution in [0, 0.1) is 6.92 Å². The van der Waals surface area contributed by atoms with Crippen LogP contribution in [0.25, 0.3) is 22.5 Å². The van der Waals surface area contributed by atoms with Crippen molar-refractivity contribution in [3.05, 3.63) is 58.8 Å². The van der Waals surface area contributed by atoms with Crippen LogP contribution in [0.4, 0.5) is 11.5 Å². The number of nitrogens with one attached hydrogen (secondary N) is 1. The maximum absolute atomic E-state index is 13.7. The number of nitrogens with two attached hydrogens (primary N) is 1. The number of nitrogens with zero attached hydrogens (tertiary/aromatic N) is 4. The van der Waals surface area contributed by atoms with Crippen molar-refractivity contribution in [1.82, 2.24) is 19.1 Å². The molecule has 0 aliphatic rings. The van der Waals surface area contributed by atoms with Gasteiger partial charge in [-0.2, -0.15) is 0 Å². The van der Waals surface area contributed by atoms with Crippen molar-refractivity contribution in [3.63, 3.8) is 0 Å². The molecule has 0 aliphatic carbocycles. The summed E-state index contributed by atoms with van der Waals surface area (Å²) >= 11 is 0. The second-order valence-electron chi connectivity index (χ2n) is 7.31. The second kappa shape index (κ2) is 9.21. The van der Waals surface area contributed by atoms with Crippen molar-refractivity contribution in [2.75, 3.05) is 45.5 Å². The highest BCUT2D eigenvalue weighted by molar-refractivity contribution is 5.85. The van der Waals surface area contributed by atoms with E-state index in [0.29, 0.717) is 47.3 Å². The van der Waals surface area contributed by atoms with Gasteiger partial charge in [-0.3, -0.25) is 4.57 Å². The Bertz CT molecular complexity index is 1360. The average molecular weight is 450 g/mol. The van der Waals surface area contributed by atoms with E-state index < -0.39 is 0 Å². The summed E-state index contributed by atoms with van der Waals surface area (Å²) in [7, 11) is 4.99. The van der Waals surface area contributed by atoms with E-state index in [0.717, 1.165) is 11.3 Å². The summed E-state index contributed by atoms with van der Waals surface area (Å²) in [5.41, 5.74) is 9.54. The van der Waals surface area contributed by atoms with Crippen LogP contribution in [-0.4, -0.2) is 53.6 Å². The quantitative estimate of drug-likeness (QED) is 0.393. The number of hydrogen-bond donors (Lipinski definition) is 2. The topological polar surface area (TPSA) is 118 Å². The first-order chi connectivity index (χ1) is 16.0. The SMILES string of the molecule is CNc1cc(-n2c(=O)n(-c3ccc(C)c(OC)c3)c3c(N)ncnc32)ccc1OCCOC. The molecule has 0 radical (unpaired) electrons. The predicted molar refractivity (Wildman–Crippen MR) is 127 cm³/mol. The van der Waals surface area contributed by atoms with Gasteiger partial charge in [-0.1, -0.05) is 6.07 Å². The molecule has 4 aromatic rings. The Labute approximate surface area is 190 Å². The van der Waals surface area contributed by atoms with Gasteiger partial charge in [0.05, 0.1) is 30.8 Å². The molecular weight excluding hydrogens is 424 g/mol. The van der Waals surface area contributed by atoms with Crippen molar-refractivity contribution in [3.8, 4) is 22.9 Å². The molecule has 2 heterocycles. The summed E-state index contributed by atoms with van der Waals surface area (Å²) < 4.78 is 19.3. The van der Waals surface area contributed by atoms with Gasteiger partial charge >= 0.3 is 5.69 Å². The molecule has 0 saturated heterocycles. The molecule has 2 aromatic heterocycles. The van der Waals surface area contributed by atoms with Crippen molar-refractivity contribution in [1.29, 1.82) is 0 Å². The zero-order valence-corrected chi connectivity index (χ0v) is 19.0. The highest BCUT2D eigenvalue weighted by Crippen LogP contribution is 2.30. The molecule has 10 nitrogen and oxygen atoms in total. The number of methoxy groups -OCH3 is 2. The molecule has 0 spiro atoms. The van der Waals surface area contributed by atoms with Crippen LogP contribution < -0.4 is 26.2 Å². The van der Waals surface area contributed by atoms with E-state index in [-0.39, 0.29) is 11.5 Å². The highest BCUT2D eigenvalue weighted by Gasteiger charge is 2.21. The molecule has 2 aromatic carbocycles. The van der Waals surface area contributed by atoms with Crippen molar-refractivity contribution < 1.29 is 14.2 Å². The minimum Gasteiger partial charge on any atom is -0.496 e. The summed E-state index contributed by atoms with van der Waals surface area (Å²) in [5.74, 6) is 1.50. The Balaban J connectivity index is 1.93. The fraction of sp³-hybridized carbons (Fsp3) is 0.261. The maximum Gasteiger partial charge on any atom is 0.339 e. The molecule has 0 saturated carbocycles. The number of aryl methyl sites for hydroxylation is 1. The molecule has 0 fully saturated rings. The zero-order valence-electron chi connectivity index (χ0n) is 19.0. The molecule has 172 valence electrons. The van der Waals surface area contributed by atoms with Crippen LogP contribution >= 0.6 is 0 Å². The van der Waals surface area contributed by atoms with Crippen LogP contribution in [0.15, 0.2) is 47.5 Å².